The summed E-state index contributed by atoms with van der Waals surface area (Å²) in [4.78, 5) is 2.42. The standard InChI is InChI=1S/C15H28N4O/c1-12(2)10-16-11-14-13(3)17-18(4)15(14)19-6-5-8-20-9-7-19/h12,16H,5-11H2,1-4H3. The molecule has 1 N–H and O–H groups in total. The van der Waals surface area contributed by atoms with Gasteiger partial charge in [-0.05, 0) is 25.8 Å². The molecular formula is C15H28N4O. The van der Waals surface area contributed by atoms with Gasteiger partial charge in [-0.25, -0.2) is 0 Å². The van der Waals surface area contributed by atoms with Crippen LogP contribution in [-0.4, -0.2) is 42.6 Å². The third-order valence-corrected chi connectivity index (χ3v) is 3.69. The van der Waals surface area contributed by atoms with E-state index in [1.807, 2.05) is 11.7 Å². The summed E-state index contributed by atoms with van der Waals surface area (Å²) in [6.07, 6.45) is 1.09. The Morgan fingerprint density at radius 3 is 2.85 bits per heavy atom. The van der Waals surface area contributed by atoms with E-state index in [9.17, 15) is 0 Å². The van der Waals surface area contributed by atoms with E-state index in [1.165, 1.54) is 11.4 Å². The van der Waals surface area contributed by atoms with Crippen LogP contribution in [0.25, 0.3) is 0 Å². The Morgan fingerprint density at radius 1 is 1.30 bits per heavy atom. The van der Waals surface area contributed by atoms with Crippen molar-refractivity contribution in [2.45, 2.75) is 33.7 Å². The number of nitrogens with zero attached hydrogens (tertiary/aromatic N) is 3. The van der Waals surface area contributed by atoms with Crippen molar-refractivity contribution in [1.82, 2.24) is 15.1 Å². The second kappa shape index (κ2) is 7.09. The average molecular weight is 280 g/mol. The summed E-state index contributed by atoms with van der Waals surface area (Å²) in [5, 5.41) is 8.15. The summed E-state index contributed by atoms with van der Waals surface area (Å²) < 4.78 is 7.58. The lowest BCUT2D eigenvalue weighted by Gasteiger charge is -2.23. The Labute approximate surface area is 122 Å². The monoisotopic (exact) mass is 280 g/mol. The predicted molar refractivity (Wildman–Crippen MR) is 82.1 cm³/mol. The molecule has 0 aliphatic carbocycles. The molecule has 0 aromatic carbocycles. The average Bonchev–Trinajstić information content (AvgIpc) is 2.59. The summed E-state index contributed by atoms with van der Waals surface area (Å²) in [5.74, 6) is 1.92. The van der Waals surface area contributed by atoms with Crippen molar-refractivity contribution in [2.75, 3.05) is 37.7 Å². The molecule has 5 heteroatoms. The number of aryl methyl sites for hydroxylation is 2. The first-order valence-electron chi connectivity index (χ1n) is 7.65. The Bertz CT molecular complexity index is 420. The van der Waals surface area contributed by atoms with Crippen LogP contribution in [0.2, 0.25) is 0 Å². The molecule has 0 radical (unpaired) electrons. The van der Waals surface area contributed by atoms with Gasteiger partial charge in [0.15, 0.2) is 0 Å². The number of anilines is 1. The Balaban J connectivity index is 2.13. The molecule has 0 atom stereocenters. The zero-order valence-corrected chi connectivity index (χ0v) is 13.3. The molecule has 2 rings (SSSR count). The van der Waals surface area contributed by atoms with Crippen LogP contribution in [0.15, 0.2) is 0 Å². The molecule has 1 saturated heterocycles. The summed E-state index contributed by atoms with van der Waals surface area (Å²) in [5.41, 5.74) is 2.46. The molecule has 1 fully saturated rings. The van der Waals surface area contributed by atoms with Gasteiger partial charge in [0, 0.05) is 38.9 Å². The molecule has 1 aromatic heterocycles. The molecule has 20 heavy (non-hydrogen) atoms. The summed E-state index contributed by atoms with van der Waals surface area (Å²) in [6.45, 7) is 12.2. The Hall–Kier alpha value is -1.07. The topological polar surface area (TPSA) is 42.3 Å². The molecule has 0 saturated carbocycles. The quantitative estimate of drug-likeness (QED) is 0.891. The number of hydrogen-bond donors (Lipinski definition) is 1. The normalized spacial score (nSPS) is 16.8. The molecule has 1 aromatic rings. The van der Waals surface area contributed by atoms with Gasteiger partial charge in [0.25, 0.3) is 0 Å². The minimum Gasteiger partial charge on any atom is -0.380 e. The van der Waals surface area contributed by atoms with Gasteiger partial charge in [0.1, 0.15) is 5.82 Å². The molecule has 0 amide bonds. The van der Waals surface area contributed by atoms with Gasteiger partial charge in [-0.3, -0.25) is 4.68 Å². The van der Waals surface area contributed by atoms with E-state index in [0.29, 0.717) is 5.92 Å². The smallest absolute Gasteiger partial charge is 0.131 e. The maximum atomic E-state index is 5.56. The van der Waals surface area contributed by atoms with Gasteiger partial charge in [-0.2, -0.15) is 5.10 Å². The molecule has 0 unspecified atom stereocenters. The van der Waals surface area contributed by atoms with Gasteiger partial charge in [0.05, 0.1) is 12.3 Å². The van der Waals surface area contributed by atoms with Gasteiger partial charge in [-0.1, -0.05) is 13.8 Å². The fourth-order valence-electron chi connectivity index (χ4n) is 2.74. The first kappa shape index (κ1) is 15.3. The SMILES string of the molecule is Cc1nn(C)c(N2CCCOCC2)c1CNCC(C)C. The van der Waals surface area contributed by atoms with Crippen LogP contribution in [-0.2, 0) is 18.3 Å². The van der Waals surface area contributed by atoms with Crippen molar-refractivity contribution in [3.05, 3.63) is 11.3 Å². The van der Waals surface area contributed by atoms with Crippen molar-refractivity contribution in [2.24, 2.45) is 13.0 Å². The third-order valence-electron chi connectivity index (χ3n) is 3.69. The van der Waals surface area contributed by atoms with E-state index in [1.54, 1.807) is 0 Å². The van der Waals surface area contributed by atoms with E-state index < -0.39 is 0 Å². The van der Waals surface area contributed by atoms with E-state index >= 15 is 0 Å². The van der Waals surface area contributed by atoms with Crippen LogP contribution >= 0.6 is 0 Å². The van der Waals surface area contributed by atoms with E-state index in [0.717, 1.165) is 51.5 Å². The van der Waals surface area contributed by atoms with Crippen LogP contribution in [0.1, 0.15) is 31.5 Å². The summed E-state index contributed by atoms with van der Waals surface area (Å²) in [6, 6.07) is 0. The lowest BCUT2D eigenvalue weighted by molar-refractivity contribution is 0.152. The van der Waals surface area contributed by atoms with E-state index in [2.05, 4.69) is 36.1 Å². The number of rotatable bonds is 5. The second-order valence-corrected chi connectivity index (χ2v) is 5.99. The lowest BCUT2D eigenvalue weighted by Crippen LogP contribution is -2.30. The first-order valence-corrected chi connectivity index (χ1v) is 7.65. The highest BCUT2D eigenvalue weighted by atomic mass is 16.5. The highest BCUT2D eigenvalue weighted by Crippen LogP contribution is 2.24. The Morgan fingerprint density at radius 2 is 2.10 bits per heavy atom. The zero-order chi connectivity index (χ0) is 14.5. The van der Waals surface area contributed by atoms with Crippen LogP contribution in [0.3, 0.4) is 0 Å². The molecule has 0 bridgehead atoms. The van der Waals surface area contributed by atoms with Crippen molar-refractivity contribution >= 4 is 5.82 Å². The van der Waals surface area contributed by atoms with Gasteiger partial charge in [0.2, 0.25) is 0 Å². The highest BCUT2D eigenvalue weighted by Gasteiger charge is 2.20. The summed E-state index contributed by atoms with van der Waals surface area (Å²) >= 11 is 0. The molecule has 1 aliphatic heterocycles. The maximum Gasteiger partial charge on any atom is 0.131 e. The largest absolute Gasteiger partial charge is 0.380 e. The van der Waals surface area contributed by atoms with Gasteiger partial charge >= 0.3 is 0 Å². The highest BCUT2D eigenvalue weighted by molar-refractivity contribution is 5.50. The fraction of sp³-hybridized carbons (Fsp3) is 0.800. The lowest BCUT2D eigenvalue weighted by atomic mass is 10.2. The molecule has 5 nitrogen and oxygen atoms in total. The summed E-state index contributed by atoms with van der Waals surface area (Å²) in [7, 11) is 2.04. The zero-order valence-electron chi connectivity index (χ0n) is 13.3. The van der Waals surface area contributed by atoms with Crippen molar-refractivity contribution in [1.29, 1.82) is 0 Å². The molecule has 114 valence electrons. The minimum absolute atomic E-state index is 0.669. The second-order valence-electron chi connectivity index (χ2n) is 5.99. The number of nitrogens with one attached hydrogen (secondary N) is 1. The first-order chi connectivity index (χ1) is 9.59. The van der Waals surface area contributed by atoms with Crippen LogP contribution in [0.4, 0.5) is 5.82 Å². The fourth-order valence-corrected chi connectivity index (χ4v) is 2.74. The van der Waals surface area contributed by atoms with Gasteiger partial charge < -0.3 is 15.0 Å². The van der Waals surface area contributed by atoms with Crippen LogP contribution in [0, 0.1) is 12.8 Å². The number of hydrogen-bond acceptors (Lipinski definition) is 4. The van der Waals surface area contributed by atoms with Crippen molar-refractivity contribution in [3.63, 3.8) is 0 Å². The van der Waals surface area contributed by atoms with E-state index in [4.69, 9.17) is 4.74 Å². The van der Waals surface area contributed by atoms with Crippen LogP contribution in [0.5, 0.6) is 0 Å². The Kier molecular flexibility index (Phi) is 5.43. The molecule has 0 spiro atoms. The molecular weight excluding hydrogens is 252 g/mol. The molecule has 1 aliphatic rings. The minimum atomic E-state index is 0.669. The van der Waals surface area contributed by atoms with Crippen molar-refractivity contribution in [3.8, 4) is 0 Å². The number of ether oxygens (including phenoxy) is 1. The maximum absolute atomic E-state index is 5.56. The predicted octanol–water partition coefficient (Wildman–Crippen LogP) is 1.70. The van der Waals surface area contributed by atoms with Gasteiger partial charge in [-0.15, -0.1) is 0 Å². The van der Waals surface area contributed by atoms with E-state index in [-0.39, 0.29) is 0 Å². The third kappa shape index (κ3) is 3.73. The van der Waals surface area contributed by atoms with Crippen molar-refractivity contribution < 1.29 is 4.74 Å². The number of aromatic nitrogens is 2. The molecule has 2 heterocycles. The van der Waals surface area contributed by atoms with Crippen LogP contribution < -0.4 is 10.2 Å².